The second kappa shape index (κ2) is 4.23. The summed E-state index contributed by atoms with van der Waals surface area (Å²) in [5, 5.41) is 0. The van der Waals surface area contributed by atoms with E-state index < -0.39 is 0 Å². The first-order valence-electron chi connectivity index (χ1n) is 5.07. The minimum absolute atomic E-state index is 0.343. The summed E-state index contributed by atoms with van der Waals surface area (Å²) < 4.78 is 5.36. The van der Waals surface area contributed by atoms with Gasteiger partial charge in [0, 0.05) is 18.8 Å². The number of aldehydes is 1. The Balaban J connectivity index is 2.35. The summed E-state index contributed by atoms with van der Waals surface area (Å²) in [5.41, 5.74) is 2.23. The third-order valence-electron chi connectivity index (χ3n) is 2.54. The molecule has 3 heteroatoms. The molecule has 0 spiro atoms. The van der Waals surface area contributed by atoms with Gasteiger partial charge in [0.1, 0.15) is 0 Å². The van der Waals surface area contributed by atoms with Crippen molar-refractivity contribution in [1.29, 1.82) is 0 Å². The molecule has 0 bridgehead atoms. The molecule has 2 aromatic rings. The molecule has 0 saturated carbocycles. The molecule has 82 valence electrons. The molecule has 1 heterocycles. The topological polar surface area (TPSA) is 33.5 Å². The van der Waals surface area contributed by atoms with E-state index in [0.29, 0.717) is 17.9 Å². The predicted octanol–water partition coefficient (Wildman–Crippen LogP) is 3.17. The van der Waals surface area contributed by atoms with Crippen LogP contribution in [0.4, 0.5) is 11.6 Å². The van der Waals surface area contributed by atoms with Crippen LogP contribution in [-0.2, 0) is 0 Å². The van der Waals surface area contributed by atoms with Gasteiger partial charge in [-0.05, 0) is 24.6 Å². The van der Waals surface area contributed by atoms with Crippen LogP contribution in [0.3, 0.4) is 0 Å². The Kier molecular flexibility index (Phi) is 2.77. The fourth-order valence-electron chi connectivity index (χ4n) is 1.64. The van der Waals surface area contributed by atoms with Gasteiger partial charge >= 0.3 is 0 Å². The van der Waals surface area contributed by atoms with E-state index >= 15 is 0 Å². The van der Waals surface area contributed by atoms with E-state index in [0.717, 1.165) is 11.3 Å². The molecular formula is C13H13NO2. The van der Waals surface area contributed by atoms with Gasteiger partial charge in [0.2, 0.25) is 0 Å². The first kappa shape index (κ1) is 10.5. The van der Waals surface area contributed by atoms with Gasteiger partial charge in [-0.2, -0.15) is 0 Å². The lowest BCUT2D eigenvalue weighted by molar-refractivity contribution is 0.110. The Morgan fingerprint density at radius 1 is 1.19 bits per heavy atom. The fourth-order valence-corrected chi connectivity index (χ4v) is 1.64. The van der Waals surface area contributed by atoms with Crippen molar-refractivity contribution in [3.8, 4) is 0 Å². The summed E-state index contributed by atoms with van der Waals surface area (Å²) in [6, 6.07) is 11.5. The van der Waals surface area contributed by atoms with Gasteiger partial charge in [-0.25, -0.2) is 0 Å². The highest BCUT2D eigenvalue weighted by molar-refractivity contribution is 5.72. The number of aryl methyl sites for hydroxylation is 1. The van der Waals surface area contributed by atoms with Gasteiger partial charge in [-0.3, -0.25) is 4.79 Å². The Hall–Kier alpha value is -2.03. The van der Waals surface area contributed by atoms with Crippen LogP contribution in [0.5, 0.6) is 0 Å². The molecule has 1 aromatic heterocycles. The number of hydrogen-bond donors (Lipinski definition) is 0. The molecular weight excluding hydrogens is 202 g/mol. The van der Waals surface area contributed by atoms with E-state index in [1.54, 1.807) is 12.1 Å². The average molecular weight is 215 g/mol. The van der Waals surface area contributed by atoms with E-state index in [9.17, 15) is 4.79 Å². The van der Waals surface area contributed by atoms with E-state index in [1.165, 1.54) is 0 Å². The number of carbonyl (C=O) groups excluding carboxylic acids is 1. The van der Waals surface area contributed by atoms with Crippen LogP contribution >= 0.6 is 0 Å². The van der Waals surface area contributed by atoms with Gasteiger partial charge in [0.05, 0.1) is 0 Å². The minimum Gasteiger partial charge on any atom is -0.437 e. The SMILES string of the molecule is Cc1ccccc1N(C)c1ccc(C=O)o1. The van der Waals surface area contributed by atoms with Crippen molar-refractivity contribution < 1.29 is 9.21 Å². The normalized spacial score (nSPS) is 10.1. The second-order valence-corrected chi connectivity index (χ2v) is 3.64. The van der Waals surface area contributed by atoms with Crippen molar-refractivity contribution in [2.75, 3.05) is 11.9 Å². The molecule has 0 fully saturated rings. The summed E-state index contributed by atoms with van der Waals surface area (Å²) in [6.07, 6.45) is 0.704. The van der Waals surface area contributed by atoms with Gasteiger partial charge in [0.25, 0.3) is 0 Å². The summed E-state index contributed by atoms with van der Waals surface area (Å²) in [6.45, 7) is 2.04. The van der Waals surface area contributed by atoms with Crippen LogP contribution in [0, 0.1) is 6.92 Å². The monoisotopic (exact) mass is 215 g/mol. The quantitative estimate of drug-likeness (QED) is 0.737. The highest BCUT2D eigenvalue weighted by Gasteiger charge is 2.10. The zero-order valence-electron chi connectivity index (χ0n) is 9.31. The molecule has 0 amide bonds. The van der Waals surface area contributed by atoms with Gasteiger partial charge in [0.15, 0.2) is 17.9 Å². The first-order valence-corrected chi connectivity index (χ1v) is 5.07. The van der Waals surface area contributed by atoms with Crippen molar-refractivity contribution in [3.05, 3.63) is 47.7 Å². The molecule has 0 radical (unpaired) electrons. The van der Waals surface area contributed by atoms with Crippen LogP contribution in [-0.4, -0.2) is 13.3 Å². The zero-order valence-corrected chi connectivity index (χ0v) is 9.31. The van der Waals surface area contributed by atoms with Crippen molar-refractivity contribution in [2.45, 2.75) is 6.92 Å². The second-order valence-electron chi connectivity index (χ2n) is 3.64. The van der Waals surface area contributed by atoms with Crippen LogP contribution in [0.2, 0.25) is 0 Å². The van der Waals surface area contributed by atoms with E-state index in [-0.39, 0.29) is 0 Å². The molecule has 1 aromatic carbocycles. The van der Waals surface area contributed by atoms with Crippen molar-refractivity contribution in [3.63, 3.8) is 0 Å². The Bertz CT molecular complexity index is 502. The lowest BCUT2D eigenvalue weighted by Gasteiger charge is -2.18. The molecule has 0 saturated heterocycles. The Labute approximate surface area is 94.3 Å². The lowest BCUT2D eigenvalue weighted by Crippen LogP contribution is -2.09. The number of rotatable bonds is 3. The highest BCUT2D eigenvalue weighted by Crippen LogP contribution is 2.27. The number of hydrogen-bond acceptors (Lipinski definition) is 3. The van der Waals surface area contributed by atoms with Crippen LogP contribution in [0.25, 0.3) is 0 Å². The molecule has 0 aliphatic carbocycles. The summed E-state index contributed by atoms with van der Waals surface area (Å²) in [7, 11) is 1.91. The molecule has 3 nitrogen and oxygen atoms in total. The van der Waals surface area contributed by atoms with Crippen LogP contribution in [0.15, 0.2) is 40.8 Å². The molecule has 0 unspecified atom stereocenters. The van der Waals surface area contributed by atoms with E-state index in [4.69, 9.17) is 4.42 Å². The number of benzene rings is 1. The largest absolute Gasteiger partial charge is 0.437 e. The first-order chi connectivity index (χ1) is 7.72. The maximum atomic E-state index is 10.5. The summed E-state index contributed by atoms with van der Waals surface area (Å²) in [5.74, 6) is 1.01. The van der Waals surface area contributed by atoms with Crippen molar-refractivity contribution >= 4 is 17.9 Å². The van der Waals surface area contributed by atoms with Crippen molar-refractivity contribution in [1.82, 2.24) is 0 Å². The third-order valence-corrected chi connectivity index (χ3v) is 2.54. The fraction of sp³-hybridized carbons (Fsp3) is 0.154. The third kappa shape index (κ3) is 1.84. The lowest BCUT2D eigenvalue weighted by atomic mass is 10.2. The molecule has 0 aliphatic rings. The molecule has 16 heavy (non-hydrogen) atoms. The van der Waals surface area contributed by atoms with Crippen LogP contribution < -0.4 is 4.90 Å². The maximum Gasteiger partial charge on any atom is 0.200 e. The molecule has 0 N–H and O–H groups in total. The minimum atomic E-state index is 0.343. The smallest absolute Gasteiger partial charge is 0.200 e. The Morgan fingerprint density at radius 2 is 1.94 bits per heavy atom. The number of anilines is 2. The van der Waals surface area contributed by atoms with E-state index in [1.807, 2.05) is 43.1 Å². The summed E-state index contributed by atoms with van der Waals surface area (Å²) >= 11 is 0. The predicted molar refractivity (Wildman–Crippen MR) is 63.3 cm³/mol. The Morgan fingerprint density at radius 3 is 2.56 bits per heavy atom. The molecule has 2 rings (SSSR count). The number of carbonyl (C=O) groups is 1. The maximum absolute atomic E-state index is 10.5. The van der Waals surface area contributed by atoms with Crippen LogP contribution in [0.1, 0.15) is 16.1 Å². The van der Waals surface area contributed by atoms with Gasteiger partial charge in [-0.1, -0.05) is 18.2 Å². The standard InChI is InChI=1S/C13H13NO2/c1-10-5-3-4-6-12(10)14(2)13-8-7-11(9-15)16-13/h3-9H,1-2H3. The highest BCUT2D eigenvalue weighted by atomic mass is 16.4. The number of para-hydroxylation sites is 1. The number of furan rings is 1. The van der Waals surface area contributed by atoms with Gasteiger partial charge < -0.3 is 9.32 Å². The number of nitrogens with zero attached hydrogens (tertiary/aromatic N) is 1. The van der Waals surface area contributed by atoms with Crippen molar-refractivity contribution in [2.24, 2.45) is 0 Å². The average Bonchev–Trinajstić information content (AvgIpc) is 2.77. The molecule has 0 aliphatic heterocycles. The summed E-state index contributed by atoms with van der Waals surface area (Å²) in [4.78, 5) is 12.5. The molecule has 0 atom stereocenters. The van der Waals surface area contributed by atoms with Gasteiger partial charge in [-0.15, -0.1) is 0 Å². The zero-order chi connectivity index (χ0) is 11.5. The van der Waals surface area contributed by atoms with E-state index in [2.05, 4.69) is 0 Å².